The van der Waals surface area contributed by atoms with Crippen molar-refractivity contribution in [3.8, 4) is 5.75 Å². The quantitative estimate of drug-likeness (QED) is 0.821. The van der Waals surface area contributed by atoms with E-state index >= 15 is 0 Å². The molecule has 118 valence electrons. The number of nitrogens with zero attached hydrogens (tertiary/aromatic N) is 3. The van der Waals surface area contributed by atoms with E-state index in [0.29, 0.717) is 0 Å². The zero-order valence-corrected chi connectivity index (χ0v) is 13.3. The molecule has 1 aliphatic rings. The third kappa shape index (κ3) is 4.10. The number of hydrogen-bond donors (Lipinski definition) is 0. The van der Waals surface area contributed by atoms with E-state index in [4.69, 9.17) is 4.74 Å². The lowest BCUT2D eigenvalue weighted by molar-refractivity contribution is 0.138. The highest BCUT2D eigenvalue weighted by atomic mass is 16.5. The molecule has 4 heteroatoms. The van der Waals surface area contributed by atoms with Gasteiger partial charge in [0.15, 0.2) is 0 Å². The highest BCUT2D eigenvalue weighted by molar-refractivity contribution is 5.20. The van der Waals surface area contributed by atoms with Crippen LogP contribution in [0.25, 0.3) is 0 Å². The Morgan fingerprint density at radius 1 is 1.27 bits per heavy atom. The summed E-state index contributed by atoms with van der Waals surface area (Å²) in [7, 11) is 0. The second-order valence-corrected chi connectivity index (χ2v) is 6.10. The number of para-hydroxylation sites is 1. The van der Waals surface area contributed by atoms with Crippen molar-refractivity contribution in [1.29, 1.82) is 0 Å². The first-order valence-corrected chi connectivity index (χ1v) is 8.19. The number of piperidine rings is 1. The van der Waals surface area contributed by atoms with Crippen LogP contribution in [0.5, 0.6) is 5.75 Å². The monoisotopic (exact) mass is 299 g/mol. The molecule has 1 aromatic heterocycles. The van der Waals surface area contributed by atoms with Crippen molar-refractivity contribution in [2.24, 2.45) is 5.92 Å². The van der Waals surface area contributed by atoms with Crippen LogP contribution in [0, 0.1) is 12.8 Å². The fraction of sp³-hybridized carbons (Fsp3) is 0.500. The minimum absolute atomic E-state index is 0.721. The first-order valence-electron chi connectivity index (χ1n) is 8.19. The van der Waals surface area contributed by atoms with E-state index < -0.39 is 0 Å². The van der Waals surface area contributed by atoms with Gasteiger partial charge in [-0.05, 0) is 44.4 Å². The van der Waals surface area contributed by atoms with Crippen LogP contribution in [-0.4, -0.2) is 40.7 Å². The molecule has 1 fully saturated rings. The summed E-state index contributed by atoms with van der Waals surface area (Å²) in [5.41, 5.74) is 0. The van der Waals surface area contributed by atoms with E-state index in [2.05, 4.69) is 27.6 Å². The van der Waals surface area contributed by atoms with Gasteiger partial charge in [0.05, 0.1) is 0 Å². The summed E-state index contributed by atoms with van der Waals surface area (Å²) in [4.78, 5) is 6.84. The van der Waals surface area contributed by atoms with Crippen molar-refractivity contribution in [3.63, 3.8) is 0 Å². The van der Waals surface area contributed by atoms with Gasteiger partial charge in [-0.15, -0.1) is 0 Å². The molecule has 22 heavy (non-hydrogen) atoms. The van der Waals surface area contributed by atoms with Gasteiger partial charge in [0, 0.05) is 32.0 Å². The van der Waals surface area contributed by atoms with E-state index in [9.17, 15) is 0 Å². The van der Waals surface area contributed by atoms with Gasteiger partial charge in [-0.25, -0.2) is 4.98 Å². The maximum atomic E-state index is 5.81. The molecule has 0 amide bonds. The van der Waals surface area contributed by atoms with E-state index in [1.807, 2.05) is 36.5 Å². The van der Waals surface area contributed by atoms with E-state index in [-0.39, 0.29) is 0 Å². The molecular weight excluding hydrogens is 274 g/mol. The fourth-order valence-corrected chi connectivity index (χ4v) is 3.19. The van der Waals surface area contributed by atoms with Crippen LogP contribution in [0.4, 0.5) is 0 Å². The molecule has 0 N–H and O–H groups in total. The topological polar surface area (TPSA) is 30.3 Å². The minimum Gasteiger partial charge on any atom is -0.492 e. The van der Waals surface area contributed by atoms with Gasteiger partial charge in [-0.2, -0.15) is 0 Å². The van der Waals surface area contributed by atoms with Crippen molar-refractivity contribution >= 4 is 0 Å². The maximum Gasteiger partial charge on any atom is 0.119 e. The number of ether oxygens (including phenoxy) is 1. The summed E-state index contributed by atoms with van der Waals surface area (Å²) in [5.74, 6) is 2.80. The van der Waals surface area contributed by atoms with Gasteiger partial charge in [-0.1, -0.05) is 18.2 Å². The van der Waals surface area contributed by atoms with E-state index in [1.54, 1.807) is 0 Å². The zero-order chi connectivity index (χ0) is 15.2. The molecule has 0 unspecified atom stereocenters. The lowest BCUT2D eigenvalue weighted by Crippen LogP contribution is -2.39. The molecule has 2 heterocycles. The van der Waals surface area contributed by atoms with Crippen molar-refractivity contribution in [2.75, 3.05) is 26.2 Å². The lowest BCUT2D eigenvalue weighted by Gasteiger charge is -2.33. The summed E-state index contributed by atoms with van der Waals surface area (Å²) in [5, 5.41) is 0. The number of aromatic nitrogens is 2. The summed E-state index contributed by atoms with van der Waals surface area (Å²) < 4.78 is 8.08. The molecule has 0 aliphatic carbocycles. The fourth-order valence-electron chi connectivity index (χ4n) is 3.19. The number of aryl methyl sites for hydroxylation is 1. The van der Waals surface area contributed by atoms with Gasteiger partial charge < -0.3 is 9.30 Å². The third-order valence-corrected chi connectivity index (χ3v) is 4.40. The largest absolute Gasteiger partial charge is 0.492 e. The maximum absolute atomic E-state index is 5.81. The molecular formula is C18H25N3O. The number of benzene rings is 1. The molecule has 3 rings (SSSR count). The molecule has 1 aliphatic heterocycles. The molecule has 0 spiro atoms. The zero-order valence-electron chi connectivity index (χ0n) is 13.3. The molecule has 0 radical (unpaired) electrons. The van der Waals surface area contributed by atoms with Gasteiger partial charge in [-0.3, -0.25) is 4.90 Å². The van der Waals surface area contributed by atoms with Crippen molar-refractivity contribution in [3.05, 3.63) is 48.5 Å². The van der Waals surface area contributed by atoms with E-state index in [0.717, 1.165) is 43.7 Å². The smallest absolute Gasteiger partial charge is 0.119 e. The van der Waals surface area contributed by atoms with Crippen LogP contribution in [0.2, 0.25) is 0 Å². The highest BCUT2D eigenvalue weighted by Crippen LogP contribution is 2.19. The number of imidazole rings is 1. The Hall–Kier alpha value is -1.81. The van der Waals surface area contributed by atoms with Crippen molar-refractivity contribution in [2.45, 2.75) is 26.3 Å². The number of rotatable bonds is 6. The van der Waals surface area contributed by atoms with Crippen molar-refractivity contribution in [1.82, 2.24) is 14.5 Å². The molecule has 1 atom stereocenters. The standard InChI is InChI=1S/C18H25N3O/c1-16-19-9-11-21(16)15-17-6-5-10-20(14-17)12-13-22-18-7-3-2-4-8-18/h2-4,7-9,11,17H,5-6,10,12-15H2,1H3/t17-/m0/s1. The van der Waals surface area contributed by atoms with Crippen LogP contribution in [-0.2, 0) is 6.54 Å². The second-order valence-electron chi connectivity index (χ2n) is 6.10. The van der Waals surface area contributed by atoms with E-state index in [1.165, 1.54) is 19.4 Å². The minimum atomic E-state index is 0.721. The van der Waals surface area contributed by atoms with Crippen LogP contribution in [0.15, 0.2) is 42.7 Å². The van der Waals surface area contributed by atoms with Crippen LogP contribution >= 0.6 is 0 Å². The Kier molecular flexibility index (Phi) is 5.11. The SMILES string of the molecule is Cc1nccn1C[C@H]1CCCN(CCOc2ccccc2)C1. The summed E-state index contributed by atoms with van der Waals surface area (Å²) in [6.07, 6.45) is 6.58. The van der Waals surface area contributed by atoms with Crippen LogP contribution in [0.3, 0.4) is 0 Å². The predicted octanol–water partition coefficient (Wildman–Crippen LogP) is 2.98. The number of likely N-dealkylation sites (tertiary alicyclic amines) is 1. The van der Waals surface area contributed by atoms with Crippen molar-refractivity contribution < 1.29 is 4.74 Å². The molecule has 0 bridgehead atoms. The molecule has 2 aromatic rings. The Bertz CT molecular complexity index is 567. The molecule has 0 saturated carbocycles. The highest BCUT2D eigenvalue weighted by Gasteiger charge is 2.20. The predicted molar refractivity (Wildman–Crippen MR) is 88.1 cm³/mol. The van der Waals surface area contributed by atoms with Gasteiger partial charge in [0.25, 0.3) is 0 Å². The molecule has 1 aromatic carbocycles. The second kappa shape index (κ2) is 7.45. The molecule has 4 nitrogen and oxygen atoms in total. The summed E-state index contributed by atoms with van der Waals surface area (Å²) >= 11 is 0. The lowest BCUT2D eigenvalue weighted by atomic mass is 9.98. The van der Waals surface area contributed by atoms with Crippen LogP contribution in [0.1, 0.15) is 18.7 Å². The summed E-state index contributed by atoms with van der Waals surface area (Å²) in [6.45, 7) is 7.29. The van der Waals surface area contributed by atoms with Gasteiger partial charge in [0.2, 0.25) is 0 Å². The Balaban J connectivity index is 1.43. The third-order valence-electron chi connectivity index (χ3n) is 4.40. The Morgan fingerprint density at radius 2 is 2.14 bits per heavy atom. The molecule has 1 saturated heterocycles. The first kappa shape index (κ1) is 15.1. The van der Waals surface area contributed by atoms with Crippen LogP contribution < -0.4 is 4.74 Å². The van der Waals surface area contributed by atoms with Gasteiger partial charge in [0.1, 0.15) is 18.2 Å². The van der Waals surface area contributed by atoms with Gasteiger partial charge >= 0.3 is 0 Å². The average Bonchev–Trinajstić information content (AvgIpc) is 2.94. The first-order chi connectivity index (χ1) is 10.8. The summed E-state index contributed by atoms with van der Waals surface area (Å²) in [6, 6.07) is 10.1. The number of hydrogen-bond acceptors (Lipinski definition) is 3. The Morgan fingerprint density at radius 3 is 2.91 bits per heavy atom. The Labute approximate surface area is 132 Å². The normalized spacial score (nSPS) is 19.2. The average molecular weight is 299 g/mol.